The quantitative estimate of drug-likeness (QED) is 0.480. The summed E-state index contributed by atoms with van der Waals surface area (Å²) >= 11 is 0. The number of rotatable bonds is 4. The molecule has 0 spiro atoms. The monoisotopic (exact) mass is 304 g/mol. The molecule has 1 aromatic rings. The maximum absolute atomic E-state index is 10.5. The van der Waals surface area contributed by atoms with Gasteiger partial charge in [-0.15, -0.1) is 0 Å². The third kappa shape index (κ3) is 7.02. The minimum absolute atomic E-state index is 0.0640. The molecule has 20 heavy (non-hydrogen) atoms. The van der Waals surface area contributed by atoms with Crippen LogP contribution in [0.3, 0.4) is 0 Å². The SMILES string of the molecule is CS(=O)(=O)O.O=[N+]([O-])c1cccc(OC[C@@H]2CCN2)c1. The molecule has 1 atom stereocenters. The van der Waals surface area contributed by atoms with E-state index in [1.807, 2.05) is 0 Å². The van der Waals surface area contributed by atoms with Crippen molar-refractivity contribution in [3.8, 4) is 5.75 Å². The molecule has 0 amide bonds. The Morgan fingerprint density at radius 2 is 2.15 bits per heavy atom. The lowest BCUT2D eigenvalue weighted by Crippen LogP contribution is -2.46. The number of nitro benzene ring substituents is 1. The average Bonchev–Trinajstić information content (AvgIpc) is 2.25. The summed E-state index contributed by atoms with van der Waals surface area (Å²) in [4.78, 5) is 10.1. The van der Waals surface area contributed by atoms with E-state index in [2.05, 4.69) is 5.32 Å². The van der Waals surface area contributed by atoms with E-state index in [1.54, 1.807) is 12.1 Å². The largest absolute Gasteiger partial charge is 0.492 e. The standard InChI is InChI=1S/C10H12N2O3.CH4O3S/c13-12(14)9-2-1-3-10(6-9)15-7-8-4-5-11-8;1-5(2,3)4/h1-3,6,8,11H,4-5,7H2;1H3,(H,2,3,4)/t8-;/m0./s1. The van der Waals surface area contributed by atoms with Crippen molar-refractivity contribution in [1.82, 2.24) is 5.32 Å². The van der Waals surface area contributed by atoms with Gasteiger partial charge < -0.3 is 10.1 Å². The third-order valence-corrected chi connectivity index (χ3v) is 2.41. The van der Waals surface area contributed by atoms with Gasteiger partial charge in [-0.1, -0.05) is 6.07 Å². The Hall–Kier alpha value is -1.71. The lowest BCUT2D eigenvalue weighted by atomic mass is 10.1. The first kappa shape index (κ1) is 16.3. The van der Waals surface area contributed by atoms with Crippen LogP contribution in [0, 0.1) is 10.1 Å². The second-order valence-corrected chi connectivity index (χ2v) is 5.70. The number of nitrogens with zero attached hydrogens (tertiary/aromatic N) is 1. The molecule has 112 valence electrons. The highest BCUT2D eigenvalue weighted by atomic mass is 32.2. The molecule has 1 saturated heterocycles. The first-order valence-corrected chi connectivity index (χ1v) is 7.63. The average molecular weight is 304 g/mol. The zero-order valence-corrected chi connectivity index (χ0v) is 11.7. The van der Waals surface area contributed by atoms with Crippen molar-refractivity contribution in [2.24, 2.45) is 0 Å². The van der Waals surface area contributed by atoms with Crippen LogP contribution in [0.15, 0.2) is 24.3 Å². The van der Waals surface area contributed by atoms with Crippen LogP contribution in [0.1, 0.15) is 6.42 Å². The van der Waals surface area contributed by atoms with Gasteiger partial charge in [0.2, 0.25) is 0 Å². The molecular weight excluding hydrogens is 288 g/mol. The molecular formula is C11H16N2O6S. The lowest BCUT2D eigenvalue weighted by molar-refractivity contribution is -0.384. The molecule has 2 rings (SSSR count). The Morgan fingerprint density at radius 1 is 1.55 bits per heavy atom. The number of nitro groups is 1. The van der Waals surface area contributed by atoms with Crippen LogP contribution in [-0.2, 0) is 10.1 Å². The lowest BCUT2D eigenvalue weighted by Gasteiger charge is -2.27. The zero-order valence-electron chi connectivity index (χ0n) is 10.9. The minimum Gasteiger partial charge on any atom is -0.492 e. The molecule has 1 aliphatic rings. The molecule has 0 aromatic heterocycles. The van der Waals surface area contributed by atoms with Crippen LogP contribution in [0.2, 0.25) is 0 Å². The van der Waals surface area contributed by atoms with E-state index >= 15 is 0 Å². The van der Waals surface area contributed by atoms with Crippen LogP contribution < -0.4 is 10.1 Å². The van der Waals surface area contributed by atoms with E-state index in [0.717, 1.165) is 13.0 Å². The number of benzene rings is 1. The maximum Gasteiger partial charge on any atom is 0.273 e. The van der Waals surface area contributed by atoms with Gasteiger partial charge in [-0.25, -0.2) is 0 Å². The Morgan fingerprint density at radius 3 is 2.60 bits per heavy atom. The van der Waals surface area contributed by atoms with Crippen molar-refractivity contribution < 1.29 is 22.6 Å². The number of hydrogen-bond donors (Lipinski definition) is 2. The van der Waals surface area contributed by atoms with Crippen LogP contribution in [-0.4, -0.2) is 43.3 Å². The smallest absolute Gasteiger partial charge is 0.273 e. The Kier molecular flexibility index (Phi) is 5.86. The Balaban J connectivity index is 0.000000347. The fourth-order valence-electron chi connectivity index (χ4n) is 1.37. The van der Waals surface area contributed by atoms with Crippen LogP contribution in [0.25, 0.3) is 0 Å². The molecule has 1 aromatic carbocycles. The van der Waals surface area contributed by atoms with E-state index in [9.17, 15) is 18.5 Å². The van der Waals surface area contributed by atoms with Crippen molar-refractivity contribution in [3.05, 3.63) is 34.4 Å². The molecule has 8 nitrogen and oxygen atoms in total. The van der Waals surface area contributed by atoms with Gasteiger partial charge in [-0.3, -0.25) is 14.7 Å². The molecule has 1 aliphatic heterocycles. The van der Waals surface area contributed by atoms with Crippen LogP contribution in [0.4, 0.5) is 5.69 Å². The molecule has 9 heteroatoms. The minimum atomic E-state index is -3.67. The van der Waals surface area contributed by atoms with E-state index < -0.39 is 15.0 Å². The molecule has 0 saturated carbocycles. The molecule has 0 radical (unpaired) electrons. The van der Waals surface area contributed by atoms with Gasteiger partial charge in [-0.05, 0) is 19.0 Å². The van der Waals surface area contributed by atoms with Gasteiger partial charge in [0.15, 0.2) is 0 Å². The van der Waals surface area contributed by atoms with Gasteiger partial charge in [0, 0.05) is 12.1 Å². The summed E-state index contributed by atoms with van der Waals surface area (Å²) in [6.45, 7) is 1.60. The van der Waals surface area contributed by atoms with Gasteiger partial charge in [0.05, 0.1) is 17.2 Å². The summed E-state index contributed by atoms with van der Waals surface area (Å²) in [6, 6.07) is 6.64. The molecule has 1 fully saturated rings. The van der Waals surface area contributed by atoms with E-state index in [4.69, 9.17) is 9.29 Å². The van der Waals surface area contributed by atoms with Crippen molar-refractivity contribution in [3.63, 3.8) is 0 Å². The number of non-ortho nitro benzene ring substituents is 1. The number of nitrogens with one attached hydrogen (secondary N) is 1. The molecule has 2 N–H and O–H groups in total. The summed E-state index contributed by atoms with van der Waals surface area (Å²) in [7, 11) is -3.67. The highest BCUT2D eigenvalue weighted by Gasteiger charge is 2.17. The van der Waals surface area contributed by atoms with Crippen LogP contribution >= 0.6 is 0 Å². The first-order chi connectivity index (χ1) is 9.25. The van der Waals surface area contributed by atoms with Gasteiger partial charge in [0.25, 0.3) is 15.8 Å². The highest BCUT2D eigenvalue weighted by Crippen LogP contribution is 2.19. The fraction of sp³-hybridized carbons (Fsp3) is 0.455. The topological polar surface area (TPSA) is 119 Å². The number of hydrogen-bond acceptors (Lipinski definition) is 6. The fourth-order valence-corrected chi connectivity index (χ4v) is 1.37. The summed E-state index contributed by atoms with van der Waals surface area (Å²) in [5.74, 6) is 0.554. The molecule has 0 unspecified atom stereocenters. The first-order valence-electron chi connectivity index (χ1n) is 5.79. The van der Waals surface area contributed by atoms with Gasteiger partial charge in [-0.2, -0.15) is 8.42 Å². The predicted octanol–water partition coefficient (Wildman–Crippen LogP) is 0.840. The second-order valence-electron chi connectivity index (χ2n) is 4.24. The second kappa shape index (κ2) is 7.17. The third-order valence-electron chi connectivity index (χ3n) is 2.41. The summed E-state index contributed by atoms with van der Waals surface area (Å²) in [5, 5.41) is 13.7. The summed E-state index contributed by atoms with van der Waals surface area (Å²) < 4.78 is 31.3. The maximum atomic E-state index is 10.5. The van der Waals surface area contributed by atoms with Crippen LogP contribution in [0.5, 0.6) is 5.75 Å². The van der Waals surface area contributed by atoms with Crippen molar-refractivity contribution in [2.45, 2.75) is 12.5 Å². The highest BCUT2D eigenvalue weighted by molar-refractivity contribution is 7.85. The zero-order chi connectivity index (χ0) is 15.2. The Bertz CT molecular complexity index is 548. The van der Waals surface area contributed by atoms with E-state index in [0.29, 0.717) is 24.7 Å². The molecule has 0 bridgehead atoms. The number of ether oxygens (including phenoxy) is 1. The van der Waals surface area contributed by atoms with E-state index in [1.165, 1.54) is 12.1 Å². The van der Waals surface area contributed by atoms with Gasteiger partial charge in [0.1, 0.15) is 12.4 Å². The summed E-state index contributed by atoms with van der Waals surface area (Å²) in [6.07, 6.45) is 1.82. The van der Waals surface area contributed by atoms with Crippen molar-refractivity contribution in [2.75, 3.05) is 19.4 Å². The molecule has 0 aliphatic carbocycles. The predicted molar refractivity (Wildman–Crippen MR) is 72.5 cm³/mol. The Labute approximate surface area is 116 Å². The van der Waals surface area contributed by atoms with Gasteiger partial charge >= 0.3 is 0 Å². The summed E-state index contributed by atoms with van der Waals surface area (Å²) in [5.41, 5.74) is 0.0640. The molecule has 1 heterocycles. The van der Waals surface area contributed by atoms with Crippen molar-refractivity contribution >= 4 is 15.8 Å². The van der Waals surface area contributed by atoms with Crippen molar-refractivity contribution in [1.29, 1.82) is 0 Å². The van der Waals surface area contributed by atoms with E-state index in [-0.39, 0.29) is 5.69 Å². The normalized spacial score (nSPS) is 17.4.